The maximum atomic E-state index is 6.13. The fourth-order valence-electron chi connectivity index (χ4n) is 3.60. The third-order valence-corrected chi connectivity index (χ3v) is 5.73. The lowest BCUT2D eigenvalue weighted by Crippen LogP contribution is -2.07. The summed E-state index contributed by atoms with van der Waals surface area (Å²) in [4.78, 5) is 5.08. The maximum Gasteiger partial charge on any atom is 0.114 e. The Morgan fingerprint density at radius 1 is 0.893 bits per heavy atom. The smallest absolute Gasteiger partial charge is 0.114 e. The first-order chi connectivity index (χ1) is 13.3. The summed E-state index contributed by atoms with van der Waals surface area (Å²) in [5, 5.41) is 1.43. The number of benzene rings is 2. The number of hydrogen-bond donors (Lipinski definition) is 0. The molecular formula is C24H23Cl2NO. The SMILES string of the molecule is CC(C)c1cc(-c2ccc(Cl)cc2)nc(-c2ccc(Cl)cc2)c1C1OC1(C)C. The largest absolute Gasteiger partial charge is 0.361 e. The molecule has 1 aromatic heterocycles. The van der Waals surface area contributed by atoms with E-state index in [9.17, 15) is 0 Å². The van der Waals surface area contributed by atoms with Crippen LogP contribution in [0, 0.1) is 0 Å². The number of halogens is 2. The molecule has 0 bridgehead atoms. The summed E-state index contributed by atoms with van der Waals surface area (Å²) in [6.07, 6.45) is 0.0438. The van der Waals surface area contributed by atoms with Crippen LogP contribution >= 0.6 is 23.2 Å². The van der Waals surface area contributed by atoms with Gasteiger partial charge in [0.15, 0.2) is 0 Å². The number of nitrogens with zero attached hydrogens (tertiary/aromatic N) is 1. The van der Waals surface area contributed by atoms with Crippen LogP contribution in [-0.4, -0.2) is 10.6 Å². The number of ether oxygens (including phenoxy) is 1. The summed E-state index contributed by atoms with van der Waals surface area (Å²) in [5.41, 5.74) is 6.26. The first kappa shape index (κ1) is 19.4. The van der Waals surface area contributed by atoms with Gasteiger partial charge in [-0.1, -0.05) is 61.3 Å². The number of aromatic nitrogens is 1. The Labute approximate surface area is 176 Å². The van der Waals surface area contributed by atoms with Gasteiger partial charge in [0, 0.05) is 26.7 Å². The van der Waals surface area contributed by atoms with Crippen molar-refractivity contribution >= 4 is 23.2 Å². The highest BCUT2D eigenvalue weighted by Gasteiger charge is 2.51. The van der Waals surface area contributed by atoms with Crippen LogP contribution in [0.3, 0.4) is 0 Å². The molecular weight excluding hydrogens is 389 g/mol. The molecule has 0 saturated carbocycles. The number of rotatable bonds is 4. The molecule has 2 aromatic carbocycles. The molecule has 4 heteroatoms. The van der Waals surface area contributed by atoms with Crippen molar-refractivity contribution in [3.8, 4) is 22.5 Å². The second-order valence-electron chi connectivity index (χ2n) is 8.13. The summed E-state index contributed by atoms with van der Waals surface area (Å²) in [5.74, 6) is 0.343. The zero-order valence-corrected chi connectivity index (χ0v) is 18.0. The summed E-state index contributed by atoms with van der Waals surface area (Å²) in [6.45, 7) is 8.68. The number of hydrogen-bond acceptors (Lipinski definition) is 2. The molecule has 1 aliphatic heterocycles. The first-order valence-electron chi connectivity index (χ1n) is 9.51. The highest BCUT2D eigenvalue weighted by Crippen LogP contribution is 2.53. The second-order valence-corrected chi connectivity index (χ2v) is 9.00. The van der Waals surface area contributed by atoms with Crippen molar-refractivity contribution in [1.82, 2.24) is 4.98 Å². The van der Waals surface area contributed by atoms with E-state index < -0.39 is 0 Å². The monoisotopic (exact) mass is 411 g/mol. The molecule has 0 N–H and O–H groups in total. The van der Waals surface area contributed by atoms with E-state index in [1.807, 2.05) is 48.5 Å². The van der Waals surface area contributed by atoms with Crippen LogP contribution in [0.1, 0.15) is 50.8 Å². The molecule has 2 heterocycles. The zero-order valence-electron chi connectivity index (χ0n) is 16.5. The van der Waals surface area contributed by atoms with Gasteiger partial charge in [-0.3, -0.25) is 0 Å². The minimum Gasteiger partial charge on any atom is -0.361 e. The van der Waals surface area contributed by atoms with Gasteiger partial charge in [-0.05, 0) is 55.7 Å². The van der Waals surface area contributed by atoms with Crippen LogP contribution in [0.5, 0.6) is 0 Å². The Morgan fingerprint density at radius 3 is 1.86 bits per heavy atom. The summed E-state index contributed by atoms with van der Waals surface area (Å²) < 4.78 is 6.04. The minimum atomic E-state index is -0.172. The lowest BCUT2D eigenvalue weighted by molar-refractivity contribution is 0.325. The van der Waals surface area contributed by atoms with Gasteiger partial charge < -0.3 is 4.74 Å². The Bertz CT molecular complexity index is 1010. The molecule has 0 radical (unpaired) electrons. The van der Waals surface area contributed by atoms with E-state index in [4.69, 9.17) is 32.9 Å². The van der Waals surface area contributed by atoms with Gasteiger partial charge in [0.2, 0.25) is 0 Å². The number of epoxide rings is 1. The first-order valence-corrected chi connectivity index (χ1v) is 10.3. The van der Waals surface area contributed by atoms with E-state index in [2.05, 4.69) is 33.8 Å². The molecule has 0 aliphatic carbocycles. The Hall–Kier alpha value is -1.87. The molecule has 144 valence electrons. The molecule has 1 atom stereocenters. The Balaban J connectivity index is 1.96. The molecule has 1 fully saturated rings. The van der Waals surface area contributed by atoms with Crippen LogP contribution in [-0.2, 0) is 4.74 Å². The Morgan fingerprint density at radius 2 is 1.39 bits per heavy atom. The quantitative estimate of drug-likeness (QED) is 0.410. The second kappa shape index (κ2) is 7.18. The van der Waals surface area contributed by atoms with Gasteiger partial charge in [0.05, 0.1) is 17.0 Å². The summed E-state index contributed by atoms with van der Waals surface area (Å²) in [6, 6.07) is 17.9. The van der Waals surface area contributed by atoms with Crippen LogP contribution < -0.4 is 0 Å². The fraction of sp³-hybridized carbons (Fsp3) is 0.292. The molecule has 28 heavy (non-hydrogen) atoms. The molecule has 0 amide bonds. The lowest BCUT2D eigenvalue weighted by Gasteiger charge is -2.19. The van der Waals surface area contributed by atoms with Crippen molar-refractivity contribution < 1.29 is 4.74 Å². The molecule has 3 aromatic rings. The van der Waals surface area contributed by atoms with E-state index in [0.717, 1.165) is 27.5 Å². The van der Waals surface area contributed by atoms with Crippen LogP contribution in [0.15, 0.2) is 54.6 Å². The predicted molar refractivity (Wildman–Crippen MR) is 117 cm³/mol. The van der Waals surface area contributed by atoms with Crippen LogP contribution in [0.25, 0.3) is 22.5 Å². The zero-order chi connectivity index (χ0) is 20.1. The minimum absolute atomic E-state index is 0.0438. The predicted octanol–water partition coefficient (Wildman–Crippen LogP) is 7.70. The van der Waals surface area contributed by atoms with Gasteiger partial charge in [-0.2, -0.15) is 0 Å². The summed E-state index contributed by atoms with van der Waals surface area (Å²) in [7, 11) is 0. The number of pyridine rings is 1. The van der Waals surface area contributed by atoms with Crippen LogP contribution in [0.4, 0.5) is 0 Å². The molecule has 1 unspecified atom stereocenters. The van der Waals surface area contributed by atoms with Gasteiger partial charge in [-0.15, -0.1) is 0 Å². The van der Waals surface area contributed by atoms with Crippen LogP contribution in [0.2, 0.25) is 10.0 Å². The van der Waals surface area contributed by atoms with Crippen molar-refractivity contribution in [3.63, 3.8) is 0 Å². The topological polar surface area (TPSA) is 25.4 Å². The van der Waals surface area contributed by atoms with Crippen molar-refractivity contribution in [1.29, 1.82) is 0 Å². The standard InChI is InChI=1S/C24H23Cl2NO/c1-14(2)19-13-20(15-5-9-17(25)10-6-15)27-22(16-7-11-18(26)12-8-16)21(19)23-24(3,4)28-23/h5-14,23H,1-4H3. The normalized spacial score (nSPS) is 17.8. The van der Waals surface area contributed by atoms with Crippen molar-refractivity contribution in [2.75, 3.05) is 0 Å². The molecule has 4 rings (SSSR count). The van der Waals surface area contributed by atoms with Gasteiger partial charge in [0.1, 0.15) is 6.10 Å². The fourth-order valence-corrected chi connectivity index (χ4v) is 3.85. The average molecular weight is 412 g/mol. The maximum absolute atomic E-state index is 6.13. The van der Waals surface area contributed by atoms with Gasteiger partial charge in [0.25, 0.3) is 0 Å². The van der Waals surface area contributed by atoms with Crippen molar-refractivity contribution in [3.05, 3.63) is 75.8 Å². The third-order valence-electron chi connectivity index (χ3n) is 5.23. The molecule has 1 saturated heterocycles. The highest BCUT2D eigenvalue weighted by molar-refractivity contribution is 6.30. The Kier molecular flexibility index (Phi) is 4.99. The van der Waals surface area contributed by atoms with E-state index in [0.29, 0.717) is 10.9 Å². The molecule has 2 nitrogen and oxygen atoms in total. The third kappa shape index (κ3) is 3.69. The lowest BCUT2D eigenvalue weighted by atomic mass is 9.87. The van der Waals surface area contributed by atoms with Gasteiger partial charge in [-0.25, -0.2) is 4.98 Å². The average Bonchev–Trinajstić information content (AvgIpc) is 3.29. The van der Waals surface area contributed by atoms with E-state index in [-0.39, 0.29) is 11.7 Å². The van der Waals surface area contributed by atoms with E-state index in [1.165, 1.54) is 11.1 Å². The van der Waals surface area contributed by atoms with Gasteiger partial charge >= 0.3 is 0 Å². The molecule has 0 spiro atoms. The van der Waals surface area contributed by atoms with E-state index >= 15 is 0 Å². The van der Waals surface area contributed by atoms with Crippen molar-refractivity contribution in [2.45, 2.75) is 45.3 Å². The van der Waals surface area contributed by atoms with E-state index in [1.54, 1.807) is 0 Å². The highest BCUT2D eigenvalue weighted by atomic mass is 35.5. The summed E-state index contributed by atoms with van der Waals surface area (Å²) >= 11 is 12.2. The van der Waals surface area contributed by atoms with Crippen molar-refractivity contribution in [2.24, 2.45) is 0 Å². The molecule has 1 aliphatic rings.